The van der Waals surface area contributed by atoms with Gasteiger partial charge in [0.05, 0.1) is 6.04 Å². The van der Waals surface area contributed by atoms with Crippen LogP contribution in [-0.2, 0) is 4.79 Å². The van der Waals surface area contributed by atoms with Crippen molar-refractivity contribution in [2.45, 2.75) is 82.7 Å². The van der Waals surface area contributed by atoms with Crippen LogP contribution in [0.15, 0.2) is 0 Å². The van der Waals surface area contributed by atoms with E-state index in [1.807, 2.05) is 0 Å². The second-order valence-electron chi connectivity index (χ2n) is 6.19. The molecule has 0 bridgehead atoms. The largest absolute Gasteiger partial charge is 0.352 e. The molecule has 1 unspecified atom stereocenters. The van der Waals surface area contributed by atoms with Crippen LogP contribution in [0.5, 0.6) is 0 Å². The quantitative estimate of drug-likeness (QED) is 0.808. The van der Waals surface area contributed by atoms with E-state index in [1.54, 1.807) is 0 Å². The van der Waals surface area contributed by atoms with Crippen molar-refractivity contribution in [3.8, 4) is 0 Å². The van der Waals surface area contributed by atoms with Crippen LogP contribution in [0.4, 0.5) is 0 Å². The van der Waals surface area contributed by atoms with Gasteiger partial charge in [-0.3, -0.25) is 4.79 Å². The van der Waals surface area contributed by atoms with Gasteiger partial charge >= 0.3 is 0 Å². The summed E-state index contributed by atoms with van der Waals surface area (Å²) < 4.78 is 0. The number of nitrogens with two attached hydrogens (primary N) is 1. The predicted molar refractivity (Wildman–Crippen MR) is 74.2 cm³/mol. The van der Waals surface area contributed by atoms with Crippen LogP contribution in [0, 0.1) is 5.92 Å². The lowest BCUT2D eigenvalue weighted by Gasteiger charge is -2.27. The van der Waals surface area contributed by atoms with Gasteiger partial charge in [-0.15, -0.1) is 0 Å². The number of rotatable bonds is 4. The third kappa shape index (κ3) is 4.27. The summed E-state index contributed by atoms with van der Waals surface area (Å²) in [6.07, 6.45) is 13.5. The second kappa shape index (κ2) is 7.13. The topological polar surface area (TPSA) is 55.1 Å². The van der Waals surface area contributed by atoms with E-state index < -0.39 is 0 Å². The maximum absolute atomic E-state index is 12.0. The molecule has 2 aliphatic carbocycles. The second-order valence-corrected chi connectivity index (χ2v) is 6.19. The maximum atomic E-state index is 12.0. The van der Waals surface area contributed by atoms with E-state index in [1.165, 1.54) is 51.4 Å². The molecular formula is C15H28N2O. The molecule has 0 spiro atoms. The third-order valence-electron chi connectivity index (χ3n) is 4.60. The highest BCUT2D eigenvalue weighted by Crippen LogP contribution is 2.27. The van der Waals surface area contributed by atoms with Gasteiger partial charge in [0.25, 0.3) is 0 Å². The highest BCUT2D eigenvalue weighted by molar-refractivity contribution is 5.81. The van der Waals surface area contributed by atoms with E-state index in [2.05, 4.69) is 5.32 Å². The number of carbonyl (C=O) groups excluding carboxylic acids is 1. The average molecular weight is 252 g/mol. The molecule has 0 aromatic carbocycles. The smallest absolute Gasteiger partial charge is 0.237 e. The molecule has 2 saturated carbocycles. The van der Waals surface area contributed by atoms with E-state index in [4.69, 9.17) is 5.73 Å². The molecule has 0 aromatic heterocycles. The van der Waals surface area contributed by atoms with Gasteiger partial charge < -0.3 is 11.1 Å². The fraction of sp³-hybridized carbons (Fsp3) is 0.933. The first-order valence-corrected chi connectivity index (χ1v) is 7.81. The molecular weight excluding hydrogens is 224 g/mol. The Kier molecular flexibility index (Phi) is 5.48. The van der Waals surface area contributed by atoms with Gasteiger partial charge in [-0.05, 0) is 25.2 Å². The Morgan fingerprint density at radius 3 is 2.17 bits per heavy atom. The fourth-order valence-corrected chi connectivity index (χ4v) is 3.44. The minimum atomic E-state index is -0.282. The van der Waals surface area contributed by atoms with E-state index in [0.717, 1.165) is 19.3 Å². The predicted octanol–water partition coefficient (Wildman–Crippen LogP) is 2.73. The summed E-state index contributed by atoms with van der Waals surface area (Å²) in [6.45, 7) is 0. The summed E-state index contributed by atoms with van der Waals surface area (Å²) >= 11 is 0. The highest BCUT2D eigenvalue weighted by atomic mass is 16.2. The molecule has 2 rings (SSSR count). The summed E-state index contributed by atoms with van der Waals surface area (Å²) in [5.74, 6) is 0.776. The highest BCUT2D eigenvalue weighted by Gasteiger charge is 2.23. The van der Waals surface area contributed by atoms with Crippen LogP contribution in [0.1, 0.15) is 70.6 Å². The van der Waals surface area contributed by atoms with E-state index >= 15 is 0 Å². The molecule has 104 valence electrons. The Labute approximate surface area is 111 Å². The first-order chi connectivity index (χ1) is 8.75. The van der Waals surface area contributed by atoms with Crippen LogP contribution in [-0.4, -0.2) is 18.0 Å². The minimum absolute atomic E-state index is 0.0903. The molecule has 18 heavy (non-hydrogen) atoms. The Hall–Kier alpha value is -0.570. The van der Waals surface area contributed by atoms with Gasteiger partial charge in [0.15, 0.2) is 0 Å². The van der Waals surface area contributed by atoms with Gasteiger partial charge in [0.2, 0.25) is 5.91 Å². The Morgan fingerprint density at radius 2 is 1.56 bits per heavy atom. The van der Waals surface area contributed by atoms with Crippen molar-refractivity contribution in [1.29, 1.82) is 0 Å². The molecule has 3 nitrogen and oxygen atoms in total. The first-order valence-electron chi connectivity index (χ1n) is 7.81. The number of amides is 1. The standard InChI is InChI=1S/C15H28N2O/c16-14(11-12-7-3-1-4-8-12)15(18)17-13-9-5-2-6-10-13/h12-14H,1-11,16H2,(H,17,18). The van der Waals surface area contributed by atoms with Crippen LogP contribution in [0.3, 0.4) is 0 Å². The normalized spacial score (nSPS) is 24.7. The van der Waals surface area contributed by atoms with Crippen LogP contribution in [0.25, 0.3) is 0 Å². The maximum Gasteiger partial charge on any atom is 0.237 e. The monoisotopic (exact) mass is 252 g/mol. The molecule has 0 heterocycles. The van der Waals surface area contributed by atoms with E-state index in [-0.39, 0.29) is 11.9 Å². The zero-order chi connectivity index (χ0) is 12.8. The van der Waals surface area contributed by atoms with Gasteiger partial charge in [0.1, 0.15) is 0 Å². The van der Waals surface area contributed by atoms with Gasteiger partial charge in [0, 0.05) is 6.04 Å². The SMILES string of the molecule is NC(CC1CCCCC1)C(=O)NC1CCCCC1. The zero-order valence-corrected chi connectivity index (χ0v) is 11.5. The third-order valence-corrected chi connectivity index (χ3v) is 4.60. The molecule has 0 saturated heterocycles. The Morgan fingerprint density at radius 1 is 1.00 bits per heavy atom. The molecule has 0 aromatic rings. The molecule has 3 heteroatoms. The number of carbonyl (C=O) groups is 1. The number of hydrogen-bond donors (Lipinski definition) is 2. The van der Waals surface area contributed by atoms with Crippen molar-refractivity contribution in [3.63, 3.8) is 0 Å². The lowest BCUT2D eigenvalue weighted by Crippen LogP contribution is -2.46. The first kappa shape index (κ1) is 13.9. The van der Waals surface area contributed by atoms with Crippen molar-refractivity contribution in [1.82, 2.24) is 5.32 Å². The van der Waals surface area contributed by atoms with Crippen LogP contribution in [0.2, 0.25) is 0 Å². The summed E-state index contributed by atoms with van der Waals surface area (Å²) in [5.41, 5.74) is 6.05. The lowest BCUT2D eigenvalue weighted by atomic mass is 9.84. The summed E-state index contributed by atoms with van der Waals surface area (Å²) in [4.78, 5) is 12.0. The van der Waals surface area contributed by atoms with Gasteiger partial charge in [-0.1, -0.05) is 51.4 Å². The van der Waals surface area contributed by atoms with Gasteiger partial charge in [-0.25, -0.2) is 0 Å². The minimum Gasteiger partial charge on any atom is -0.352 e. The molecule has 3 N–H and O–H groups in total. The molecule has 2 aliphatic rings. The van der Waals surface area contributed by atoms with E-state index in [9.17, 15) is 4.79 Å². The zero-order valence-electron chi connectivity index (χ0n) is 11.5. The summed E-state index contributed by atoms with van der Waals surface area (Å²) in [6, 6.07) is 0.110. The van der Waals surface area contributed by atoms with Crippen molar-refractivity contribution < 1.29 is 4.79 Å². The van der Waals surface area contributed by atoms with Crippen LogP contribution >= 0.6 is 0 Å². The van der Waals surface area contributed by atoms with Crippen molar-refractivity contribution >= 4 is 5.91 Å². The fourth-order valence-electron chi connectivity index (χ4n) is 3.44. The van der Waals surface area contributed by atoms with E-state index in [0.29, 0.717) is 12.0 Å². The Bertz CT molecular complexity index is 255. The number of hydrogen-bond acceptors (Lipinski definition) is 2. The van der Waals surface area contributed by atoms with Crippen molar-refractivity contribution in [3.05, 3.63) is 0 Å². The van der Waals surface area contributed by atoms with Crippen LogP contribution < -0.4 is 11.1 Å². The average Bonchev–Trinajstić information content (AvgIpc) is 2.41. The van der Waals surface area contributed by atoms with Crippen molar-refractivity contribution in [2.75, 3.05) is 0 Å². The number of nitrogens with one attached hydrogen (secondary N) is 1. The molecule has 0 radical (unpaired) electrons. The summed E-state index contributed by atoms with van der Waals surface area (Å²) in [7, 11) is 0. The summed E-state index contributed by atoms with van der Waals surface area (Å²) in [5, 5.41) is 3.14. The molecule has 1 amide bonds. The lowest BCUT2D eigenvalue weighted by molar-refractivity contribution is -0.123. The van der Waals surface area contributed by atoms with Gasteiger partial charge in [-0.2, -0.15) is 0 Å². The molecule has 2 fully saturated rings. The molecule has 0 aliphatic heterocycles. The van der Waals surface area contributed by atoms with Crippen molar-refractivity contribution in [2.24, 2.45) is 11.7 Å². The molecule has 1 atom stereocenters. The Balaban J connectivity index is 1.69.